The third kappa shape index (κ3) is 1.12. The molecule has 2 aliphatic rings. The summed E-state index contributed by atoms with van der Waals surface area (Å²) in [5.74, 6) is 4.44. The summed E-state index contributed by atoms with van der Waals surface area (Å²) in [6.07, 6.45) is 4.62. The van der Waals surface area contributed by atoms with E-state index in [1.807, 2.05) is 0 Å². The van der Waals surface area contributed by atoms with Crippen molar-refractivity contribution >= 4 is 0 Å². The van der Waals surface area contributed by atoms with Crippen LogP contribution in [0.25, 0.3) is 0 Å². The second kappa shape index (κ2) is 1.74. The maximum atomic E-state index is 2.39. The molecule has 0 nitrogen and oxygen atoms in total. The molecule has 0 spiro atoms. The summed E-state index contributed by atoms with van der Waals surface area (Å²) < 4.78 is 0. The average molecular weight is 124 g/mol. The summed E-state index contributed by atoms with van der Waals surface area (Å²) in [5, 5.41) is 0. The SMILES string of the molecule is CC1CC1CC1CC1C. The molecular weight excluding hydrogens is 108 g/mol. The van der Waals surface area contributed by atoms with Crippen LogP contribution in [0.1, 0.15) is 33.1 Å². The molecule has 4 atom stereocenters. The highest BCUT2D eigenvalue weighted by molar-refractivity contribution is 4.91. The standard InChI is InChI=1S/C9H16/c1-6-3-8(6)5-9-4-7(9)2/h6-9H,3-5H2,1-2H3. The minimum Gasteiger partial charge on any atom is -0.0622 e. The fraction of sp³-hybridized carbons (Fsp3) is 1.00. The van der Waals surface area contributed by atoms with Crippen LogP contribution in [0.5, 0.6) is 0 Å². The summed E-state index contributed by atoms with van der Waals surface area (Å²) in [7, 11) is 0. The van der Waals surface area contributed by atoms with E-state index >= 15 is 0 Å². The Morgan fingerprint density at radius 2 is 1.33 bits per heavy atom. The van der Waals surface area contributed by atoms with Gasteiger partial charge in [0.2, 0.25) is 0 Å². The molecule has 4 unspecified atom stereocenters. The minimum atomic E-state index is 1.08. The minimum absolute atomic E-state index is 1.08. The van der Waals surface area contributed by atoms with Crippen molar-refractivity contribution in [2.75, 3.05) is 0 Å². The Bertz CT molecular complexity index is 103. The highest BCUT2D eigenvalue weighted by atomic mass is 14.5. The van der Waals surface area contributed by atoms with E-state index in [2.05, 4.69) is 13.8 Å². The van der Waals surface area contributed by atoms with Crippen LogP contribution in [0.4, 0.5) is 0 Å². The predicted octanol–water partition coefficient (Wildman–Crippen LogP) is 2.69. The van der Waals surface area contributed by atoms with E-state index in [-0.39, 0.29) is 0 Å². The molecule has 0 saturated heterocycles. The summed E-state index contributed by atoms with van der Waals surface area (Å²) in [6, 6.07) is 0. The molecule has 0 amide bonds. The van der Waals surface area contributed by atoms with Crippen molar-refractivity contribution < 1.29 is 0 Å². The van der Waals surface area contributed by atoms with E-state index in [0.717, 1.165) is 23.7 Å². The van der Waals surface area contributed by atoms with Gasteiger partial charge in [0.15, 0.2) is 0 Å². The Morgan fingerprint density at radius 3 is 1.56 bits per heavy atom. The first-order valence-corrected chi connectivity index (χ1v) is 4.27. The first-order chi connectivity index (χ1) is 4.27. The van der Waals surface area contributed by atoms with Crippen LogP contribution in [-0.4, -0.2) is 0 Å². The molecule has 2 rings (SSSR count). The van der Waals surface area contributed by atoms with Crippen molar-refractivity contribution in [3.63, 3.8) is 0 Å². The summed E-state index contributed by atoms with van der Waals surface area (Å²) in [6.45, 7) is 4.77. The van der Waals surface area contributed by atoms with Crippen LogP contribution in [0.3, 0.4) is 0 Å². The van der Waals surface area contributed by atoms with Gasteiger partial charge in [0.1, 0.15) is 0 Å². The maximum Gasteiger partial charge on any atom is -0.0383 e. The number of rotatable bonds is 2. The van der Waals surface area contributed by atoms with E-state index in [1.54, 1.807) is 6.42 Å². The van der Waals surface area contributed by atoms with Crippen molar-refractivity contribution in [3.8, 4) is 0 Å². The lowest BCUT2D eigenvalue weighted by Gasteiger charge is -1.91. The fourth-order valence-corrected chi connectivity index (χ4v) is 1.84. The number of hydrogen-bond donors (Lipinski definition) is 0. The van der Waals surface area contributed by atoms with Gasteiger partial charge in [-0.2, -0.15) is 0 Å². The van der Waals surface area contributed by atoms with Crippen LogP contribution in [-0.2, 0) is 0 Å². The molecule has 2 aliphatic carbocycles. The van der Waals surface area contributed by atoms with Crippen LogP contribution >= 0.6 is 0 Å². The normalized spacial score (nSPS) is 55.3. The zero-order chi connectivity index (χ0) is 6.43. The molecule has 2 saturated carbocycles. The molecule has 0 radical (unpaired) electrons. The largest absolute Gasteiger partial charge is 0.0622 e. The van der Waals surface area contributed by atoms with Crippen LogP contribution in [0.15, 0.2) is 0 Å². The van der Waals surface area contributed by atoms with Gasteiger partial charge in [-0.05, 0) is 42.9 Å². The number of hydrogen-bond acceptors (Lipinski definition) is 0. The first-order valence-electron chi connectivity index (χ1n) is 4.27. The third-order valence-electron chi connectivity index (χ3n) is 3.16. The monoisotopic (exact) mass is 124 g/mol. The van der Waals surface area contributed by atoms with E-state index in [9.17, 15) is 0 Å². The van der Waals surface area contributed by atoms with E-state index < -0.39 is 0 Å². The van der Waals surface area contributed by atoms with E-state index in [0.29, 0.717) is 0 Å². The van der Waals surface area contributed by atoms with Gasteiger partial charge in [0.25, 0.3) is 0 Å². The average Bonchev–Trinajstić information content (AvgIpc) is 2.59. The van der Waals surface area contributed by atoms with Crippen molar-refractivity contribution in [3.05, 3.63) is 0 Å². The molecule has 0 aromatic carbocycles. The highest BCUT2D eigenvalue weighted by Crippen LogP contribution is 2.51. The molecule has 9 heavy (non-hydrogen) atoms. The van der Waals surface area contributed by atoms with Crippen molar-refractivity contribution in [1.29, 1.82) is 0 Å². The van der Waals surface area contributed by atoms with Gasteiger partial charge in [-0.25, -0.2) is 0 Å². The van der Waals surface area contributed by atoms with Gasteiger partial charge in [0, 0.05) is 0 Å². The molecular formula is C9H16. The van der Waals surface area contributed by atoms with Gasteiger partial charge < -0.3 is 0 Å². The van der Waals surface area contributed by atoms with Gasteiger partial charge >= 0.3 is 0 Å². The zero-order valence-corrected chi connectivity index (χ0v) is 6.43. The molecule has 0 heterocycles. The Labute approximate surface area is 57.6 Å². The quantitative estimate of drug-likeness (QED) is 0.531. The highest BCUT2D eigenvalue weighted by Gasteiger charge is 2.41. The molecule has 0 N–H and O–H groups in total. The molecule has 0 bridgehead atoms. The zero-order valence-electron chi connectivity index (χ0n) is 6.43. The lowest BCUT2D eigenvalue weighted by Crippen LogP contribution is -1.82. The van der Waals surface area contributed by atoms with Crippen molar-refractivity contribution in [2.45, 2.75) is 33.1 Å². The second-order valence-electron chi connectivity index (χ2n) is 4.18. The van der Waals surface area contributed by atoms with Gasteiger partial charge in [-0.15, -0.1) is 0 Å². The predicted molar refractivity (Wildman–Crippen MR) is 39.2 cm³/mol. The molecule has 0 aromatic rings. The van der Waals surface area contributed by atoms with Gasteiger partial charge in [0.05, 0.1) is 0 Å². The van der Waals surface area contributed by atoms with E-state index in [1.165, 1.54) is 12.8 Å². The fourth-order valence-electron chi connectivity index (χ4n) is 1.84. The van der Waals surface area contributed by atoms with Crippen molar-refractivity contribution in [2.24, 2.45) is 23.7 Å². The Hall–Kier alpha value is 0. The maximum absolute atomic E-state index is 2.39. The topological polar surface area (TPSA) is 0 Å². The molecule has 2 fully saturated rings. The van der Waals surface area contributed by atoms with Gasteiger partial charge in [-0.3, -0.25) is 0 Å². The lowest BCUT2D eigenvalue weighted by molar-refractivity contribution is 0.586. The third-order valence-corrected chi connectivity index (χ3v) is 3.16. The smallest absolute Gasteiger partial charge is 0.0383 e. The Kier molecular flexibility index (Phi) is 1.12. The summed E-state index contributed by atoms with van der Waals surface area (Å²) >= 11 is 0. The van der Waals surface area contributed by atoms with Crippen LogP contribution in [0.2, 0.25) is 0 Å². The molecule has 52 valence electrons. The first kappa shape index (κ1) is 5.76. The second-order valence-corrected chi connectivity index (χ2v) is 4.18. The summed E-state index contributed by atoms with van der Waals surface area (Å²) in [4.78, 5) is 0. The molecule has 0 aromatic heterocycles. The lowest BCUT2D eigenvalue weighted by atomic mass is 10.1. The Morgan fingerprint density at radius 1 is 1.00 bits per heavy atom. The Balaban J connectivity index is 1.69. The van der Waals surface area contributed by atoms with Gasteiger partial charge in [-0.1, -0.05) is 13.8 Å². The summed E-state index contributed by atoms with van der Waals surface area (Å²) in [5.41, 5.74) is 0. The van der Waals surface area contributed by atoms with E-state index in [4.69, 9.17) is 0 Å². The molecule has 0 heteroatoms. The van der Waals surface area contributed by atoms with Crippen LogP contribution < -0.4 is 0 Å². The van der Waals surface area contributed by atoms with Crippen LogP contribution in [0, 0.1) is 23.7 Å². The van der Waals surface area contributed by atoms with Crippen molar-refractivity contribution in [1.82, 2.24) is 0 Å². The molecule has 0 aliphatic heterocycles.